The standard InChI is InChI=1S/C8H6FNO/c9-8(11,6-10)7-4-2-1-3-5-7/h1-5,11H. The van der Waals surface area contributed by atoms with E-state index < -0.39 is 5.85 Å². The lowest BCUT2D eigenvalue weighted by Gasteiger charge is -2.08. The first-order valence-corrected chi connectivity index (χ1v) is 3.05. The van der Waals surface area contributed by atoms with Gasteiger partial charge in [-0.05, 0) is 0 Å². The summed E-state index contributed by atoms with van der Waals surface area (Å²) < 4.78 is 12.7. The van der Waals surface area contributed by atoms with Gasteiger partial charge in [0.15, 0.2) is 0 Å². The third-order valence-corrected chi connectivity index (χ3v) is 1.30. The molecule has 56 valence electrons. The molecule has 1 N–H and O–H groups in total. The lowest BCUT2D eigenvalue weighted by Crippen LogP contribution is -2.15. The number of hydrogen-bond donors (Lipinski definition) is 1. The average molecular weight is 151 g/mol. The van der Waals surface area contributed by atoms with Crippen LogP contribution in [-0.4, -0.2) is 5.11 Å². The second-order valence-corrected chi connectivity index (χ2v) is 2.10. The monoisotopic (exact) mass is 151 g/mol. The number of nitrogens with zero attached hydrogens (tertiary/aromatic N) is 1. The van der Waals surface area contributed by atoms with E-state index in [1.165, 1.54) is 12.1 Å². The molecular weight excluding hydrogens is 145 g/mol. The van der Waals surface area contributed by atoms with Gasteiger partial charge in [0.25, 0.3) is 0 Å². The van der Waals surface area contributed by atoms with Gasteiger partial charge in [-0.2, -0.15) is 9.65 Å². The summed E-state index contributed by atoms with van der Waals surface area (Å²) in [5, 5.41) is 16.9. The molecule has 0 amide bonds. The minimum Gasteiger partial charge on any atom is -0.347 e. The molecule has 11 heavy (non-hydrogen) atoms. The maximum absolute atomic E-state index is 12.7. The molecule has 1 aromatic rings. The Kier molecular flexibility index (Phi) is 1.88. The van der Waals surface area contributed by atoms with E-state index in [-0.39, 0.29) is 5.56 Å². The third-order valence-electron chi connectivity index (χ3n) is 1.30. The Morgan fingerprint density at radius 1 is 1.36 bits per heavy atom. The highest BCUT2D eigenvalue weighted by Crippen LogP contribution is 2.20. The van der Waals surface area contributed by atoms with Gasteiger partial charge < -0.3 is 5.11 Å². The summed E-state index contributed by atoms with van der Waals surface area (Å²) in [7, 11) is 0. The predicted octanol–water partition coefficient (Wildman–Crippen LogP) is 1.32. The van der Waals surface area contributed by atoms with Crippen molar-refractivity contribution in [3.63, 3.8) is 0 Å². The molecule has 0 heterocycles. The summed E-state index contributed by atoms with van der Waals surface area (Å²) in [6.07, 6.45) is 0. The van der Waals surface area contributed by atoms with Crippen molar-refractivity contribution >= 4 is 0 Å². The molecule has 0 aliphatic heterocycles. The van der Waals surface area contributed by atoms with E-state index in [4.69, 9.17) is 10.4 Å². The maximum atomic E-state index is 12.7. The van der Waals surface area contributed by atoms with Crippen molar-refractivity contribution in [2.45, 2.75) is 5.85 Å². The topological polar surface area (TPSA) is 44.0 Å². The molecule has 0 saturated carbocycles. The van der Waals surface area contributed by atoms with Crippen LogP contribution in [0.3, 0.4) is 0 Å². The van der Waals surface area contributed by atoms with Crippen LogP contribution < -0.4 is 0 Å². The molecule has 1 atom stereocenters. The van der Waals surface area contributed by atoms with Gasteiger partial charge in [0.05, 0.1) is 0 Å². The van der Waals surface area contributed by atoms with Crippen molar-refractivity contribution < 1.29 is 9.50 Å². The first-order chi connectivity index (χ1) is 5.17. The zero-order valence-electron chi connectivity index (χ0n) is 5.66. The van der Waals surface area contributed by atoms with Crippen LogP contribution in [-0.2, 0) is 5.85 Å². The first kappa shape index (κ1) is 7.70. The van der Waals surface area contributed by atoms with Crippen LogP contribution in [0.1, 0.15) is 5.56 Å². The van der Waals surface area contributed by atoms with E-state index in [1.54, 1.807) is 18.2 Å². The minimum absolute atomic E-state index is 0.0394. The lowest BCUT2D eigenvalue weighted by molar-refractivity contribution is -0.0387. The smallest absolute Gasteiger partial charge is 0.321 e. The Bertz CT molecular complexity index is 276. The van der Waals surface area contributed by atoms with Crippen LogP contribution in [0, 0.1) is 11.3 Å². The Labute approximate surface area is 63.5 Å². The van der Waals surface area contributed by atoms with E-state index in [2.05, 4.69) is 0 Å². The summed E-state index contributed by atoms with van der Waals surface area (Å²) in [5.41, 5.74) is -0.0394. The fraction of sp³-hybridized carbons (Fsp3) is 0.125. The van der Waals surface area contributed by atoms with Crippen LogP contribution in [0.25, 0.3) is 0 Å². The minimum atomic E-state index is -2.86. The van der Waals surface area contributed by atoms with Crippen molar-refractivity contribution in [3.8, 4) is 6.07 Å². The number of nitriles is 1. The highest BCUT2D eigenvalue weighted by Gasteiger charge is 2.27. The van der Waals surface area contributed by atoms with Crippen LogP contribution in [0.4, 0.5) is 4.39 Å². The third kappa shape index (κ3) is 1.54. The lowest BCUT2D eigenvalue weighted by atomic mass is 10.1. The number of alkyl halides is 1. The molecule has 0 aliphatic rings. The summed E-state index contributed by atoms with van der Waals surface area (Å²) in [4.78, 5) is 0. The molecule has 0 bridgehead atoms. The highest BCUT2D eigenvalue weighted by atomic mass is 19.2. The molecule has 0 aromatic heterocycles. The number of halogens is 1. The quantitative estimate of drug-likeness (QED) is 0.615. The van der Waals surface area contributed by atoms with E-state index >= 15 is 0 Å². The molecule has 1 aromatic carbocycles. The van der Waals surface area contributed by atoms with Gasteiger partial charge >= 0.3 is 5.85 Å². The summed E-state index contributed by atoms with van der Waals surface area (Å²) in [6.45, 7) is 0. The molecule has 0 aliphatic carbocycles. The van der Waals surface area contributed by atoms with Gasteiger partial charge in [0, 0.05) is 5.56 Å². The van der Waals surface area contributed by atoms with E-state index in [0.717, 1.165) is 6.07 Å². The van der Waals surface area contributed by atoms with Crippen LogP contribution in [0.2, 0.25) is 0 Å². The molecule has 0 spiro atoms. The zero-order valence-corrected chi connectivity index (χ0v) is 5.66. The SMILES string of the molecule is N#CC(O)(F)c1ccccc1. The summed E-state index contributed by atoms with van der Waals surface area (Å²) in [5.74, 6) is -2.86. The Morgan fingerprint density at radius 2 is 1.91 bits per heavy atom. The normalized spacial score (nSPS) is 15.0. The highest BCUT2D eigenvalue weighted by molar-refractivity contribution is 5.24. The van der Waals surface area contributed by atoms with Crippen molar-refractivity contribution in [2.75, 3.05) is 0 Å². The van der Waals surface area contributed by atoms with Gasteiger partial charge in [0.2, 0.25) is 0 Å². The average Bonchev–Trinajstić information content (AvgIpc) is 2.06. The zero-order chi connectivity index (χ0) is 8.32. The van der Waals surface area contributed by atoms with Crippen molar-refractivity contribution in [3.05, 3.63) is 35.9 Å². The van der Waals surface area contributed by atoms with Crippen molar-refractivity contribution in [2.24, 2.45) is 0 Å². The fourth-order valence-electron chi connectivity index (χ4n) is 0.724. The summed E-state index contributed by atoms with van der Waals surface area (Å²) >= 11 is 0. The molecule has 0 saturated heterocycles. The number of benzene rings is 1. The van der Waals surface area contributed by atoms with Gasteiger partial charge in [-0.25, -0.2) is 0 Å². The number of hydrogen-bond acceptors (Lipinski definition) is 2. The Morgan fingerprint density at radius 3 is 2.36 bits per heavy atom. The maximum Gasteiger partial charge on any atom is 0.321 e. The van der Waals surface area contributed by atoms with Crippen molar-refractivity contribution in [1.29, 1.82) is 5.26 Å². The van der Waals surface area contributed by atoms with E-state index in [9.17, 15) is 4.39 Å². The Hall–Kier alpha value is -1.40. The van der Waals surface area contributed by atoms with Crippen LogP contribution >= 0.6 is 0 Å². The first-order valence-electron chi connectivity index (χ1n) is 3.05. The molecule has 2 nitrogen and oxygen atoms in total. The van der Waals surface area contributed by atoms with Crippen molar-refractivity contribution in [1.82, 2.24) is 0 Å². The molecule has 0 radical (unpaired) electrons. The largest absolute Gasteiger partial charge is 0.347 e. The number of aliphatic hydroxyl groups is 1. The van der Waals surface area contributed by atoms with Gasteiger partial charge in [-0.15, -0.1) is 0 Å². The molecule has 0 fully saturated rings. The van der Waals surface area contributed by atoms with E-state index in [0.29, 0.717) is 0 Å². The van der Waals surface area contributed by atoms with E-state index in [1.807, 2.05) is 0 Å². The van der Waals surface area contributed by atoms with Crippen LogP contribution in [0.5, 0.6) is 0 Å². The van der Waals surface area contributed by atoms with Gasteiger partial charge in [0.1, 0.15) is 6.07 Å². The predicted molar refractivity (Wildman–Crippen MR) is 37.1 cm³/mol. The fourth-order valence-corrected chi connectivity index (χ4v) is 0.724. The second-order valence-electron chi connectivity index (χ2n) is 2.10. The molecule has 1 rings (SSSR count). The molecular formula is C8H6FNO. The number of rotatable bonds is 1. The van der Waals surface area contributed by atoms with Gasteiger partial charge in [-0.3, -0.25) is 0 Å². The van der Waals surface area contributed by atoms with Crippen LogP contribution in [0.15, 0.2) is 30.3 Å². The van der Waals surface area contributed by atoms with Gasteiger partial charge in [-0.1, -0.05) is 30.3 Å². The molecule has 1 unspecified atom stereocenters. The summed E-state index contributed by atoms with van der Waals surface area (Å²) in [6, 6.07) is 8.63. The Balaban J connectivity index is 3.05. The molecule has 3 heteroatoms. The second kappa shape index (κ2) is 2.69.